The molecule has 0 saturated carbocycles. The number of ether oxygens (including phenoxy) is 2. The van der Waals surface area contributed by atoms with Gasteiger partial charge in [-0.3, -0.25) is 4.79 Å². The van der Waals surface area contributed by atoms with Crippen molar-refractivity contribution in [2.24, 2.45) is 5.92 Å². The molecular weight excluding hydrogens is 341 g/mol. The molecule has 0 aliphatic heterocycles. The summed E-state index contributed by atoms with van der Waals surface area (Å²) in [6.07, 6.45) is 0.738. The maximum Gasteiger partial charge on any atom is 0.328 e. The van der Waals surface area contributed by atoms with Crippen LogP contribution >= 0.6 is 23.2 Å². The van der Waals surface area contributed by atoms with E-state index >= 15 is 0 Å². The third-order valence-corrected chi connectivity index (χ3v) is 3.67. The Hall–Kier alpha value is -1.46. The van der Waals surface area contributed by atoms with Crippen molar-refractivity contribution in [3.8, 4) is 5.75 Å². The molecule has 1 N–H and O–H groups in total. The number of benzene rings is 1. The zero-order valence-electron chi connectivity index (χ0n) is 13.4. The molecular formula is C16H21Cl2NO4. The summed E-state index contributed by atoms with van der Waals surface area (Å²) in [7, 11) is 1.30. The van der Waals surface area contributed by atoms with Gasteiger partial charge in [-0.25, -0.2) is 4.79 Å². The van der Waals surface area contributed by atoms with Crippen molar-refractivity contribution in [3.05, 3.63) is 28.2 Å². The van der Waals surface area contributed by atoms with E-state index < -0.39 is 12.0 Å². The van der Waals surface area contributed by atoms with Crippen LogP contribution < -0.4 is 10.1 Å². The number of carbonyl (C=O) groups is 2. The van der Waals surface area contributed by atoms with Crippen LogP contribution in [0.3, 0.4) is 0 Å². The first-order chi connectivity index (χ1) is 10.8. The van der Waals surface area contributed by atoms with Gasteiger partial charge < -0.3 is 14.8 Å². The third kappa shape index (κ3) is 6.67. The minimum Gasteiger partial charge on any atom is -0.492 e. The normalized spacial score (nSPS) is 11.9. The van der Waals surface area contributed by atoms with Gasteiger partial charge in [-0.1, -0.05) is 37.0 Å². The summed E-state index contributed by atoms with van der Waals surface area (Å²) < 4.78 is 10.2. The molecule has 0 aromatic heterocycles. The van der Waals surface area contributed by atoms with Gasteiger partial charge >= 0.3 is 5.97 Å². The van der Waals surface area contributed by atoms with E-state index in [1.54, 1.807) is 18.2 Å². The largest absolute Gasteiger partial charge is 0.492 e. The van der Waals surface area contributed by atoms with Crippen LogP contribution in [0.5, 0.6) is 5.75 Å². The summed E-state index contributed by atoms with van der Waals surface area (Å²) in [6, 6.07) is 4.31. The van der Waals surface area contributed by atoms with Gasteiger partial charge in [0.05, 0.1) is 18.7 Å². The Morgan fingerprint density at radius 2 is 1.96 bits per heavy atom. The highest BCUT2D eigenvalue weighted by molar-refractivity contribution is 6.35. The Morgan fingerprint density at radius 1 is 1.26 bits per heavy atom. The molecule has 0 saturated heterocycles. The smallest absolute Gasteiger partial charge is 0.328 e. The van der Waals surface area contributed by atoms with Crippen molar-refractivity contribution in [2.75, 3.05) is 13.7 Å². The standard InChI is InChI=1S/C16H21Cl2NO4/c1-10(2)15(16(21)22-3)19-14(20)5-4-8-23-13-7-6-11(17)9-12(13)18/h6-7,9-10,15H,4-5,8H2,1-3H3,(H,19,20). The number of esters is 1. The number of amides is 1. The molecule has 7 heteroatoms. The van der Waals surface area contributed by atoms with E-state index in [2.05, 4.69) is 10.1 Å². The molecule has 0 bridgehead atoms. The van der Waals surface area contributed by atoms with E-state index in [4.69, 9.17) is 27.9 Å². The lowest BCUT2D eigenvalue weighted by Crippen LogP contribution is -2.45. The molecule has 1 atom stereocenters. The molecule has 1 aromatic rings. The lowest BCUT2D eigenvalue weighted by molar-refractivity contribution is -0.146. The van der Waals surface area contributed by atoms with Crippen molar-refractivity contribution >= 4 is 35.1 Å². The van der Waals surface area contributed by atoms with Gasteiger partial charge in [-0.2, -0.15) is 0 Å². The van der Waals surface area contributed by atoms with Gasteiger partial charge in [0.1, 0.15) is 11.8 Å². The van der Waals surface area contributed by atoms with Gasteiger partial charge in [0.15, 0.2) is 0 Å². The molecule has 0 fully saturated rings. The summed E-state index contributed by atoms with van der Waals surface area (Å²) in [4.78, 5) is 23.5. The molecule has 0 spiro atoms. The van der Waals surface area contributed by atoms with Crippen molar-refractivity contribution in [1.29, 1.82) is 0 Å². The zero-order valence-corrected chi connectivity index (χ0v) is 14.9. The molecule has 128 valence electrons. The van der Waals surface area contributed by atoms with Crippen molar-refractivity contribution < 1.29 is 19.1 Å². The number of nitrogens with one attached hydrogen (secondary N) is 1. The summed E-state index contributed by atoms with van der Waals surface area (Å²) in [5, 5.41) is 3.63. The average Bonchev–Trinajstić information content (AvgIpc) is 2.49. The second-order valence-electron chi connectivity index (χ2n) is 5.34. The molecule has 1 rings (SSSR count). The SMILES string of the molecule is COC(=O)C(NC(=O)CCCOc1ccc(Cl)cc1Cl)C(C)C. The molecule has 0 aliphatic rings. The van der Waals surface area contributed by atoms with E-state index in [9.17, 15) is 9.59 Å². The van der Waals surface area contributed by atoms with Crippen LogP contribution in [0.25, 0.3) is 0 Å². The molecule has 1 amide bonds. The number of halogens is 2. The van der Waals surface area contributed by atoms with E-state index in [-0.39, 0.29) is 18.2 Å². The maximum atomic E-state index is 11.9. The van der Waals surface area contributed by atoms with E-state index in [0.717, 1.165) is 0 Å². The van der Waals surface area contributed by atoms with E-state index in [0.29, 0.717) is 28.8 Å². The number of rotatable bonds is 8. The van der Waals surface area contributed by atoms with Crippen LogP contribution in [0.1, 0.15) is 26.7 Å². The predicted octanol–water partition coefficient (Wildman–Crippen LogP) is 3.47. The minimum atomic E-state index is -0.640. The highest BCUT2D eigenvalue weighted by atomic mass is 35.5. The first-order valence-electron chi connectivity index (χ1n) is 7.30. The van der Waals surface area contributed by atoms with Gasteiger partial charge in [0, 0.05) is 11.4 Å². The molecule has 23 heavy (non-hydrogen) atoms. The van der Waals surface area contributed by atoms with Crippen LogP contribution in [0, 0.1) is 5.92 Å². The predicted molar refractivity (Wildman–Crippen MR) is 90.0 cm³/mol. The van der Waals surface area contributed by atoms with Gasteiger partial charge in [-0.05, 0) is 30.5 Å². The average molecular weight is 362 g/mol. The molecule has 0 radical (unpaired) electrons. The summed E-state index contributed by atoms with van der Waals surface area (Å²) in [6.45, 7) is 4.01. The fourth-order valence-corrected chi connectivity index (χ4v) is 2.34. The molecule has 5 nitrogen and oxygen atoms in total. The first kappa shape index (κ1) is 19.6. The van der Waals surface area contributed by atoms with Crippen LogP contribution in [-0.4, -0.2) is 31.6 Å². The second kappa shape index (κ2) is 9.63. The molecule has 0 heterocycles. The summed E-state index contributed by atoms with van der Waals surface area (Å²) >= 11 is 11.8. The van der Waals surface area contributed by atoms with E-state index in [1.807, 2.05) is 13.8 Å². The second-order valence-corrected chi connectivity index (χ2v) is 6.18. The van der Waals surface area contributed by atoms with Crippen molar-refractivity contribution in [2.45, 2.75) is 32.7 Å². The Bertz CT molecular complexity index is 549. The zero-order chi connectivity index (χ0) is 17.4. The van der Waals surface area contributed by atoms with Gasteiger partial charge in [0.2, 0.25) is 5.91 Å². The van der Waals surface area contributed by atoms with E-state index in [1.165, 1.54) is 7.11 Å². The highest BCUT2D eigenvalue weighted by Crippen LogP contribution is 2.27. The molecule has 0 aliphatic carbocycles. The van der Waals surface area contributed by atoms with Crippen molar-refractivity contribution in [1.82, 2.24) is 5.32 Å². The quantitative estimate of drug-likeness (QED) is 0.568. The summed E-state index contributed by atoms with van der Waals surface area (Å²) in [5.74, 6) is -0.195. The fraction of sp³-hybridized carbons (Fsp3) is 0.500. The number of carbonyl (C=O) groups excluding carboxylic acids is 2. The Balaban J connectivity index is 2.37. The highest BCUT2D eigenvalue weighted by Gasteiger charge is 2.24. The first-order valence-corrected chi connectivity index (χ1v) is 8.05. The topological polar surface area (TPSA) is 64.6 Å². The fourth-order valence-electron chi connectivity index (χ4n) is 1.88. The number of hydrogen-bond donors (Lipinski definition) is 1. The van der Waals surface area contributed by atoms with Gasteiger partial charge in [0.25, 0.3) is 0 Å². The van der Waals surface area contributed by atoms with Crippen LogP contribution in [0.2, 0.25) is 10.0 Å². The van der Waals surface area contributed by atoms with Gasteiger partial charge in [-0.15, -0.1) is 0 Å². The van der Waals surface area contributed by atoms with Crippen LogP contribution in [-0.2, 0) is 14.3 Å². The Labute approximate surface area is 146 Å². The number of methoxy groups -OCH3 is 1. The Morgan fingerprint density at radius 3 is 2.52 bits per heavy atom. The maximum absolute atomic E-state index is 11.9. The number of hydrogen-bond acceptors (Lipinski definition) is 4. The lowest BCUT2D eigenvalue weighted by atomic mass is 10.0. The minimum absolute atomic E-state index is 0.0458. The Kier molecular flexibility index (Phi) is 8.20. The molecule has 1 unspecified atom stereocenters. The molecule has 1 aromatic carbocycles. The van der Waals surface area contributed by atoms with Crippen LogP contribution in [0.15, 0.2) is 18.2 Å². The summed E-state index contributed by atoms with van der Waals surface area (Å²) in [5.41, 5.74) is 0. The lowest BCUT2D eigenvalue weighted by Gasteiger charge is -2.19. The monoisotopic (exact) mass is 361 g/mol. The third-order valence-electron chi connectivity index (χ3n) is 3.14. The van der Waals surface area contributed by atoms with Crippen LogP contribution in [0.4, 0.5) is 0 Å². The van der Waals surface area contributed by atoms with Crippen molar-refractivity contribution in [3.63, 3.8) is 0 Å².